The number of aromatic nitrogens is 2. The minimum Gasteiger partial charge on any atom is -0.496 e. The van der Waals surface area contributed by atoms with Crippen LogP contribution in [0.2, 0.25) is 0 Å². The Morgan fingerprint density at radius 3 is 2.46 bits per heavy atom. The number of carbonyl (C=O) groups excluding carboxylic acids is 1. The summed E-state index contributed by atoms with van der Waals surface area (Å²) in [4.78, 5) is 21.1. The Balaban J connectivity index is 1.74. The van der Waals surface area contributed by atoms with Gasteiger partial charge in [-0.15, -0.1) is 0 Å². The number of amides is 1. The van der Waals surface area contributed by atoms with Gasteiger partial charge in [0.2, 0.25) is 5.82 Å². The summed E-state index contributed by atoms with van der Waals surface area (Å²) in [6, 6.07) is 7.51. The molecule has 0 spiro atoms. The SMILES string of the molecule is COc1ccccc1C(CNC(=O)c1cnc(C(F)(F)F)nc1)N1CCCC1. The average molecular weight is 394 g/mol. The number of halogens is 3. The second-order valence-electron chi connectivity index (χ2n) is 6.50. The molecule has 1 fully saturated rings. The lowest BCUT2D eigenvalue weighted by Gasteiger charge is -2.29. The standard InChI is InChI=1S/C19H21F3N4O2/c1-28-16-7-3-2-6-14(16)15(26-8-4-5-9-26)12-23-17(27)13-10-24-18(25-11-13)19(20,21)22/h2-3,6-7,10-11,15H,4-5,8-9,12H2,1H3,(H,23,27). The molecule has 1 aliphatic rings. The normalized spacial score (nSPS) is 16.0. The first-order valence-corrected chi connectivity index (χ1v) is 8.94. The molecule has 1 atom stereocenters. The molecule has 0 aliphatic carbocycles. The van der Waals surface area contributed by atoms with Crippen LogP contribution < -0.4 is 10.1 Å². The molecule has 0 bridgehead atoms. The largest absolute Gasteiger partial charge is 0.496 e. The van der Waals surface area contributed by atoms with E-state index in [9.17, 15) is 18.0 Å². The lowest BCUT2D eigenvalue weighted by Crippen LogP contribution is -2.37. The smallest absolute Gasteiger partial charge is 0.451 e. The van der Waals surface area contributed by atoms with Gasteiger partial charge in [0.15, 0.2) is 0 Å². The molecule has 28 heavy (non-hydrogen) atoms. The Bertz CT molecular complexity index is 806. The topological polar surface area (TPSA) is 67.3 Å². The van der Waals surface area contributed by atoms with Crippen molar-refractivity contribution in [1.82, 2.24) is 20.2 Å². The van der Waals surface area contributed by atoms with Gasteiger partial charge in [-0.3, -0.25) is 9.69 Å². The zero-order valence-corrected chi connectivity index (χ0v) is 15.4. The molecule has 150 valence electrons. The first-order chi connectivity index (χ1) is 13.4. The van der Waals surface area contributed by atoms with Crippen molar-refractivity contribution < 1.29 is 22.7 Å². The number of para-hydroxylation sites is 1. The van der Waals surface area contributed by atoms with Gasteiger partial charge in [-0.1, -0.05) is 18.2 Å². The fraction of sp³-hybridized carbons (Fsp3) is 0.421. The predicted octanol–water partition coefficient (Wildman–Crippen LogP) is 3.07. The van der Waals surface area contributed by atoms with Gasteiger partial charge in [0.1, 0.15) is 5.75 Å². The highest BCUT2D eigenvalue weighted by Crippen LogP contribution is 2.31. The maximum atomic E-state index is 12.6. The van der Waals surface area contributed by atoms with Crippen molar-refractivity contribution in [1.29, 1.82) is 0 Å². The average Bonchev–Trinajstić information content (AvgIpc) is 3.22. The molecule has 3 rings (SSSR count). The maximum Gasteiger partial charge on any atom is 0.451 e. The van der Waals surface area contributed by atoms with Crippen molar-refractivity contribution >= 4 is 5.91 Å². The van der Waals surface area contributed by atoms with Crippen LogP contribution in [0.1, 0.15) is 40.6 Å². The number of alkyl halides is 3. The summed E-state index contributed by atoms with van der Waals surface area (Å²) in [6.07, 6.45) is -0.712. The molecule has 1 unspecified atom stereocenters. The second-order valence-corrected chi connectivity index (χ2v) is 6.50. The highest BCUT2D eigenvalue weighted by molar-refractivity contribution is 5.93. The van der Waals surface area contributed by atoms with E-state index < -0.39 is 17.9 Å². The number of nitrogens with one attached hydrogen (secondary N) is 1. The third-order valence-electron chi connectivity index (χ3n) is 4.70. The van der Waals surface area contributed by atoms with E-state index in [1.165, 1.54) is 0 Å². The van der Waals surface area contributed by atoms with Crippen LogP contribution in [0.4, 0.5) is 13.2 Å². The van der Waals surface area contributed by atoms with Crippen LogP contribution in [0.5, 0.6) is 5.75 Å². The van der Waals surface area contributed by atoms with E-state index in [1.807, 2.05) is 24.3 Å². The number of methoxy groups -OCH3 is 1. The Hall–Kier alpha value is -2.68. The Labute approximate surface area is 160 Å². The van der Waals surface area contributed by atoms with Crippen LogP contribution in [-0.4, -0.2) is 47.5 Å². The van der Waals surface area contributed by atoms with Gasteiger partial charge in [-0.05, 0) is 32.0 Å². The van der Waals surface area contributed by atoms with Gasteiger partial charge < -0.3 is 10.1 Å². The molecule has 2 heterocycles. The summed E-state index contributed by atoms with van der Waals surface area (Å²) >= 11 is 0. The van der Waals surface area contributed by atoms with E-state index in [0.717, 1.165) is 49.6 Å². The van der Waals surface area contributed by atoms with Crippen molar-refractivity contribution in [2.24, 2.45) is 0 Å². The van der Waals surface area contributed by atoms with E-state index in [2.05, 4.69) is 20.2 Å². The molecule has 1 aromatic heterocycles. The van der Waals surface area contributed by atoms with Crippen LogP contribution in [0.15, 0.2) is 36.7 Å². The van der Waals surface area contributed by atoms with Crippen molar-refractivity contribution in [2.75, 3.05) is 26.7 Å². The Morgan fingerprint density at radius 1 is 1.21 bits per heavy atom. The first kappa shape index (κ1) is 20.1. The monoisotopic (exact) mass is 394 g/mol. The van der Waals surface area contributed by atoms with E-state index in [-0.39, 0.29) is 11.6 Å². The zero-order valence-electron chi connectivity index (χ0n) is 15.4. The molecule has 9 heteroatoms. The minimum atomic E-state index is -4.64. The van der Waals surface area contributed by atoms with Crippen LogP contribution in [-0.2, 0) is 6.18 Å². The van der Waals surface area contributed by atoms with Gasteiger partial charge in [-0.25, -0.2) is 9.97 Å². The summed E-state index contributed by atoms with van der Waals surface area (Å²) in [6.45, 7) is 2.10. The van der Waals surface area contributed by atoms with E-state index in [4.69, 9.17) is 4.74 Å². The lowest BCUT2D eigenvalue weighted by atomic mass is 10.0. The van der Waals surface area contributed by atoms with Crippen LogP contribution in [0, 0.1) is 0 Å². The second kappa shape index (κ2) is 8.55. The van der Waals surface area contributed by atoms with Crippen LogP contribution in [0.3, 0.4) is 0 Å². The summed E-state index contributed by atoms with van der Waals surface area (Å²) in [5.74, 6) is -1.06. The van der Waals surface area contributed by atoms with Gasteiger partial charge in [0, 0.05) is 24.5 Å². The molecular formula is C19H21F3N4O2. The van der Waals surface area contributed by atoms with Gasteiger partial charge in [-0.2, -0.15) is 13.2 Å². The van der Waals surface area contributed by atoms with E-state index in [1.54, 1.807) is 7.11 Å². The van der Waals surface area contributed by atoms with Crippen molar-refractivity contribution in [3.63, 3.8) is 0 Å². The fourth-order valence-electron chi connectivity index (χ4n) is 3.31. The molecule has 0 saturated carbocycles. The first-order valence-electron chi connectivity index (χ1n) is 8.94. The number of likely N-dealkylation sites (tertiary alicyclic amines) is 1. The number of nitrogens with zero attached hydrogens (tertiary/aromatic N) is 3. The van der Waals surface area contributed by atoms with Crippen molar-refractivity contribution in [3.05, 3.63) is 53.6 Å². The molecule has 1 aromatic carbocycles. The maximum absolute atomic E-state index is 12.6. The summed E-state index contributed by atoms with van der Waals surface area (Å²) < 4.78 is 43.1. The van der Waals surface area contributed by atoms with Gasteiger partial charge in [0.05, 0.1) is 18.7 Å². The number of hydrogen-bond acceptors (Lipinski definition) is 5. The molecular weight excluding hydrogens is 373 g/mol. The third kappa shape index (κ3) is 4.59. The zero-order chi connectivity index (χ0) is 20.1. The number of carbonyl (C=O) groups is 1. The minimum absolute atomic E-state index is 0.0202. The lowest BCUT2D eigenvalue weighted by molar-refractivity contribution is -0.145. The predicted molar refractivity (Wildman–Crippen MR) is 95.9 cm³/mol. The molecule has 1 amide bonds. The molecule has 1 N–H and O–H groups in total. The van der Waals surface area contributed by atoms with Crippen LogP contribution in [0.25, 0.3) is 0 Å². The summed E-state index contributed by atoms with van der Waals surface area (Å²) in [5, 5.41) is 2.79. The Kier molecular flexibility index (Phi) is 6.13. The van der Waals surface area contributed by atoms with Crippen molar-refractivity contribution in [2.45, 2.75) is 25.1 Å². The molecule has 2 aromatic rings. The highest BCUT2D eigenvalue weighted by atomic mass is 19.4. The highest BCUT2D eigenvalue weighted by Gasteiger charge is 2.34. The van der Waals surface area contributed by atoms with Gasteiger partial charge in [0.25, 0.3) is 5.91 Å². The molecule has 0 radical (unpaired) electrons. The van der Waals surface area contributed by atoms with Crippen LogP contribution >= 0.6 is 0 Å². The van der Waals surface area contributed by atoms with E-state index in [0.29, 0.717) is 6.54 Å². The number of rotatable bonds is 6. The number of hydrogen-bond donors (Lipinski definition) is 1. The molecule has 1 aliphatic heterocycles. The van der Waals surface area contributed by atoms with Crippen molar-refractivity contribution in [3.8, 4) is 5.75 Å². The fourth-order valence-corrected chi connectivity index (χ4v) is 3.31. The van der Waals surface area contributed by atoms with E-state index >= 15 is 0 Å². The number of ether oxygens (including phenoxy) is 1. The molecule has 1 saturated heterocycles. The quantitative estimate of drug-likeness (QED) is 0.816. The molecule has 6 nitrogen and oxygen atoms in total. The number of benzene rings is 1. The Morgan fingerprint density at radius 2 is 1.86 bits per heavy atom. The van der Waals surface area contributed by atoms with Gasteiger partial charge >= 0.3 is 6.18 Å². The summed E-state index contributed by atoms with van der Waals surface area (Å²) in [5.41, 5.74) is 0.934. The summed E-state index contributed by atoms with van der Waals surface area (Å²) in [7, 11) is 1.60. The third-order valence-corrected chi connectivity index (χ3v) is 4.70.